The lowest BCUT2D eigenvalue weighted by molar-refractivity contribution is 0.411. The molecule has 0 radical (unpaired) electrons. The Morgan fingerprint density at radius 1 is 0.437 bits per heavy atom. The number of nitrogens with zero attached hydrogens (tertiary/aromatic N) is 3. The van der Waals surface area contributed by atoms with Gasteiger partial charge in [0.1, 0.15) is 11.2 Å². The molecule has 0 spiro atoms. The second-order valence-corrected chi connectivity index (χ2v) is 21.8. The second-order valence-electron chi connectivity index (χ2n) is 21.8. The van der Waals surface area contributed by atoms with E-state index in [1.807, 2.05) is 103 Å². The molecule has 0 saturated heterocycles. The number of aryl methyl sites for hydroxylation is 3. The van der Waals surface area contributed by atoms with Crippen LogP contribution in [-0.2, 0) is 42.8 Å². The van der Waals surface area contributed by atoms with Crippen LogP contribution in [0, 0.1) is 12.3 Å². The topological polar surface area (TPSA) is 51.8 Å². The number of fused-ring (bicyclic) bond motifs is 3. The molecule has 0 fully saturated rings. The highest BCUT2D eigenvalue weighted by Crippen LogP contribution is 2.39. The first-order chi connectivity index (χ1) is 35.7. The minimum Gasteiger partial charge on any atom is -0.455 e. The Labute approximate surface area is 426 Å². The van der Waals surface area contributed by atoms with Crippen molar-refractivity contribution in [1.82, 2.24) is 15.0 Å². The number of rotatable bonds is 14. The number of hydrogen-bond acceptors (Lipinski definition) is 4. The molecule has 0 atom stereocenters. The van der Waals surface area contributed by atoms with Gasteiger partial charge >= 0.3 is 0 Å². The Kier molecular flexibility index (Phi) is 11.6. The van der Waals surface area contributed by atoms with Gasteiger partial charge in [0.2, 0.25) is 0 Å². The predicted molar refractivity (Wildman–Crippen MR) is 297 cm³/mol. The molecular formula is C67H65N3O. The Bertz CT molecular complexity index is 3550. The summed E-state index contributed by atoms with van der Waals surface area (Å²) in [5.41, 5.74) is 13.9. The van der Waals surface area contributed by atoms with Crippen LogP contribution in [0.4, 0.5) is 0 Å². The Morgan fingerprint density at radius 3 is 1.58 bits per heavy atom. The number of furan rings is 1. The number of aromatic nitrogens is 3. The normalized spacial score (nSPS) is 13.5. The van der Waals surface area contributed by atoms with Crippen LogP contribution in [0.1, 0.15) is 98.5 Å². The largest absolute Gasteiger partial charge is 0.455 e. The SMILES string of the molecule is [2H]C([2H])(c1cc(CC(C)(C)c2ccc(-c3ccccc3)nc2)cc(CC(C)(C)c2ccc(-c3ccccc3)nc2)c1)C([2H])([2H])c1cnc(-c2cccc3c2oc2ccccc23)cc1-c1ccc(CC(C)(C)C)cc1C. The van der Waals surface area contributed by atoms with Crippen LogP contribution in [-0.4, -0.2) is 15.0 Å². The van der Waals surface area contributed by atoms with Gasteiger partial charge in [-0.15, -0.1) is 0 Å². The van der Waals surface area contributed by atoms with E-state index in [-0.39, 0.29) is 16.5 Å². The fourth-order valence-corrected chi connectivity index (χ4v) is 10.2. The monoisotopic (exact) mass is 932 g/mol. The lowest BCUT2D eigenvalue weighted by Crippen LogP contribution is -2.23. The van der Waals surface area contributed by atoms with Crippen LogP contribution in [0.2, 0.25) is 0 Å². The molecule has 4 heterocycles. The smallest absolute Gasteiger partial charge is 0.144 e. The van der Waals surface area contributed by atoms with Crippen LogP contribution in [0.3, 0.4) is 0 Å². The lowest BCUT2D eigenvalue weighted by Gasteiger charge is -2.28. The van der Waals surface area contributed by atoms with E-state index in [0.29, 0.717) is 29.7 Å². The lowest BCUT2D eigenvalue weighted by atomic mass is 9.77. The van der Waals surface area contributed by atoms with Crippen molar-refractivity contribution in [3.63, 3.8) is 0 Å². The fourth-order valence-electron chi connectivity index (χ4n) is 10.2. The third-order valence-corrected chi connectivity index (χ3v) is 13.8. The molecule has 10 rings (SSSR count). The van der Waals surface area contributed by atoms with Gasteiger partial charge in [-0.1, -0.05) is 188 Å². The van der Waals surface area contributed by atoms with Crippen LogP contribution in [0.25, 0.3) is 66.8 Å². The van der Waals surface area contributed by atoms with Gasteiger partial charge in [0, 0.05) is 51.5 Å². The van der Waals surface area contributed by atoms with Gasteiger partial charge in [0.15, 0.2) is 0 Å². The number of hydrogen-bond donors (Lipinski definition) is 0. The molecule has 6 aromatic carbocycles. The van der Waals surface area contributed by atoms with Crippen molar-refractivity contribution < 1.29 is 9.90 Å². The zero-order valence-corrected chi connectivity index (χ0v) is 42.3. The second kappa shape index (κ2) is 19.4. The minimum absolute atomic E-state index is 0.0629. The average Bonchev–Trinajstić information content (AvgIpc) is 3.80. The van der Waals surface area contributed by atoms with Gasteiger partial charge in [-0.3, -0.25) is 15.0 Å². The average molecular weight is 932 g/mol. The molecule has 10 aromatic rings. The first kappa shape index (κ1) is 42.4. The molecule has 0 saturated carbocycles. The van der Waals surface area contributed by atoms with E-state index >= 15 is 0 Å². The summed E-state index contributed by atoms with van der Waals surface area (Å²) < 4.78 is 47.2. The maximum atomic E-state index is 10.2. The van der Waals surface area contributed by atoms with Crippen LogP contribution < -0.4 is 0 Å². The quantitative estimate of drug-likeness (QED) is 0.109. The molecule has 0 N–H and O–H groups in total. The third kappa shape index (κ3) is 10.5. The summed E-state index contributed by atoms with van der Waals surface area (Å²) >= 11 is 0. The summed E-state index contributed by atoms with van der Waals surface area (Å²) in [6.45, 7) is 17.5. The zero-order chi connectivity index (χ0) is 52.9. The summed E-state index contributed by atoms with van der Waals surface area (Å²) in [4.78, 5) is 14.8. The van der Waals surface area contributed by atoms with Crippen molar-refractivity contribution in [3.05, 3.63) is 233 Å². The molecule has 4 heteroatoms. The van der Waals surface area contributed by atoms with Crippen molar-refractivity contribution >= 4 is 21.9 Å². The van der Waals surface area contributed by atoms with Crippen molar-refractivity contribution in [1.29, 1.82) is 0 Å². The summed E-state index contributed by atoms with van der Waals surface area (Å²) in [6, 6.07) is 57.0. The van der Waals surface area contributed by atoms with Gasteiger partial charge in [-0.2, -0.15) is 0 Å². The minimum atomic E-state index is -2.58. The molecule has 0 aliphatic carbocycles. The van der Waals surface area contributed by atoms with Crippen molar-refractivity contribution in [2.75, 3.05) is 0 Å². The highest BCUT2D eigenvalue weighted by Gasteiger charge is 2.26. The van der Waals surface area contributed by atoms with Crippen LogP contribution in [0.5, 0.6) is 0 Å². The fraction of sp³-hybridized carbons (Fsp3) is 0.239. The summed E-state index contributed by atoms with van der Waals surface area (Å²) in [5, 5.41) is 1.97. The van der Waals surface area contributed by atoms with Gasteiger partial charge < -0.3 is 4.42 Å². The van der Waals surface area contributed by atoms with Gasteiger partial charge in [-0.25, -0.2) is 0 Å². The van der Waals surface area contributed by atoms with Crippen LogP contribution >= 0.6 is 0 Å². The summed E-state index contributed by atoms with van der Waals surface area (Å²) in [6.07, 6.45) is 2.32. The Morgan fingerprint density at radius 2 is 1.00 bits per heavy atom. The standard InChI is InChI=1S/C67H65N3O/c1-45-34-47(39-65(2,3)4)27-31-55(45)59-38-62(58-24-17-23-57-56-22-15-16-25-63(56)71-64(57)58)68-42-52(59)28-26-46-35-48(40-66(5,6)53-29-32-60(69-43-53)50-18-11-9-12-19-50)37-49(36-46)41-67(7,8)54-30-33-61(70-44-54)51-20-13-10-14-21-51/h9-25,27,29-38,42-44H,26,28,39-41H2,1-8H3/i26D2,28D2. The van der Waals surface area contributed by atoms with E-state index in [4.69, 9.17) is 19.4 Å². The zero-order valence-electron chi connectivity index (χ0n) is 46.3. The van der Waals surface area contributed by atoms with Gasteiger partial charge in [0.25, 0.3) is 0 Å². The molecule has 0 amide bonds. The van der Waals surface area contributed by atoms with Gasteiger partial charge in [0.05, 0.1) is 17.1 Å². The highest BCUT2D eigenvalue weighted by atomic mass is 16.3. The third-order valence-electron chi connectivity index (χ3n) is 13.8. The van der Waals surface area contributed by atoms with E-state index in [0.717, 1.165) is 84.2 Å². The van der Waals surface area contributed by atoms with E-state index in [1.54, 1.807) is 6.20 Å². The van der Waals surface area contributed by atoms with E-state index in [9.17, 15) is 5.48 Å². The number of pyridine rings is 3. The van der Waals surface area contributed by atoms with Crippen molar-refractivity contribution in [3.8, 4) is 44.9 Å². The molecule has 354 valence electrons. The molecule has 0 unspecified atom stereocenters. The summed E-state index contributed by atoms with van der Waals surface area (Å²) in [5.74, 6) is 0. The Balaban J connectivity index is 1.08. The van der Waals surface area contributed by atoms with E-state index in [2.05, 4.69) is 134 Å². The van der Waals surface area contributed by atoms with Crippen molar-refractivity contribution in [2.45, 2.75) is 98.2 Å². The Hall–Kier alpha value is -7.43. The van der Waals surface area contributed by atoms with E-state index in [1.165, 1.54) is 5.56 Å². The molecule has 4 aromatic heterocycles. The first-order valence-electron chi connectivity index (χ1n) is 26.9. The number of benzene rings is 6. The maximum Gasteiger partial charge on any atom is 0.144 e. The van der Waals surface area contributed by atoms with Crippen molar-refractivity contribution in [2.24, 2.45) is 5.41 Å². The molecular weight excluding hydrogens is 863 g/mol. The molecule has 0 bridgehead atoms. The maximum absolute atomic E-state index is 10.2. The summed E-state index contributed by atoms with van der Waals surface area (Å²) in [7, 11) is 0. The molecule has 0 aliphatic heterocycles. The number of para-hydroxylation sites is 2. The van der Waals surface area contributed by atoms with E-state index < -0.39 is 23.6 Å². The molecule has 0 aliphatic rings. The molecule has 71 heavy (non-hydrogen) atoms. The van der Waals surface area contributed by atoms with Gasteiger partial charge in [-0.05, 0) is 141 Å². The van der Waals surface area contributed by atoms with Crippen LogP contribution in [0.15, 0.2) is 193 Å². The molecule has 4 nitrogen and oxygen atoms in total. The predicted octanol–water partition coefficient (Wildman–Crippen LogP) is 17.2. The first-order valence-corrected chi connectivity index (χ1v) is 24.9. The highest BCUT2D eigenvalue weighted by molar-refractivity contribution is 6.09.